The molecule has 1 rings (SSSR count). The Labute approximate surface area is 79.1 Å². The molecule has 0 saturated carbocycles. The molecule has 0 amide bonds. The summed E-state index contributed by atoms with van der Waals surface area (Å²) in [4.78, 5) is 0. The smallest absolute Gasteiger partial charge is 0.216 e. The number of nitrogens with zero attached hydrogens (tertiary/aromatic N) is 2. The van der Waals surface area contributed by atoms with Crippen molar-refractivity contribution >= 4 is 19.0 Å². The lowest BCUT2D eigenvalue weighted by molar-refractivity contribution is 0.488. The molecular weight excluding hydrogens is 195 g/mol. The molecule has 0 bridgehead atoms. The zero-order chi connectivity index (χ0) is 9.19. The summed E-state index contributed by atoms with van der Waals surface area (Å²) in [6.45, 7) is 1.83. The highest BCUT2D eigenvalue weighted by molar-refractivity contribution is 7.59. The van der Waals surface area contributed by atoms with Gasteiger partial charge in [0.25, 0.3) is 0 Å². The molecule has 0 N–H and O–H groups in total. The van der Waals surface area contributed by atoms with E-state index < -0.39 is 7.44 Å². The van der Waals surface area contributed by atoms with Crippen LogP contribution in [0.5, 0.6) is 0 Å². The lowest BCUT2D eigenvalue weighted by Gasteiger charge is -2.24. The molecule has 0 atom stereocenters. The van der Waals surface area contributed by atoms with Crippen molar-refractivity contribution in [2.75, 3.05) is 39.2 Å². The standard InChI is InChI=1S/C7H16ClN2OP/c1-9-5-6-10(2)12(9,11)7-3-4-8/h3-7H2,1-2H3. The van der Waals surface area contributed by atoms with E-state index in [0.29, 0.717) is 5.88 Å². The molecule has 0 radical (unpaired) electrons. The average Bonchev–Trinajstić information content (AvgIpc) is 2.30. The maximum absolute atomic E-state index is 12.2. The van der Waals surface area contributed by atoms with Gasteiger partial charge in [-0.25, -0.2) is 9.34 Å². The molecule has 0 aliphatic carbocycles. The van der Waals surface area contributed by atoms with Gasteiger partial charge in [-0.05, 0) is 20.5 Å². The van der Waals surface area contributed by atoms with Crippen LogP contribution in [0.15, 0.2) is 0 Å². The molecule has 1 aliphatic rings. The Hall–Kier alpha value is 0.440. The number of halogens is 1. The Kier molecular flexibility index (Phi) is 3.59. The quantitative estimate of drug-likeness (QED) is 0.523. The maximum atomic E-state index is 12.2. The van der Waals surface area contributed by atoms with Crippen molar-refractivity contribution in [3.8, 4) is 0 Å². The first-order chi connectivity index (χ1) is 5.61. The first kappa shape index (κ1) is 10.5. The molecule has 0 aromatic rings. The predicted octanol–water partition coefficient (Wildman–Crippen LogP) is 1.69. The Morgan fingerprint density at radius 3 is 2.25 bits per heavy atom. The van der Waals surface area contributed by atoms with E-state index in [4.69, 9.17) is 11.6 Å². The predicted molar refractivity (Wildman–Crippen MR) is 53.1 cm³/mol. The highest BCUT2D eigenvalue weighted by atomic mass is 35.5. The fourth-order valence-corrected chi connectivity index (χ4v) is 4.37. The minimum atomic E-state index is -2.19. The molecule has 72 valence electrons. The van der Waals surface area contributed by atoms with Crippen LogP contribution in [0.1, 0.15) is 6.42 Å². The Morgan fingerprint density at radius 1 is 1.33 bits per heavy atom. The summed E-state index contributed by atoms with van der Waals surface area (Å²) < 4.78 is 16.2. The third-order valence-corrected chi connectivity index (χ3v) is 6.10. The fourth-order valence-electron chi connectivity index (χ4n) is 1.47. The van der Waals surface area contributed by atoms with Gasteiger partial charge in [0.05, 0.1) is 0 Å². The zero-order valence-electron chi connectivity index (χ0n) is 7.66. The van der Waals surface area contributed by atoms with Crippen LogP contribution in [0.25, 0.3) is 0 Å². The number of hydrogen-bond donors (Lipinski definition) is 0. The number of likely N-dealkylation sites (N-methyl/N-ethyl adjacent to an activating group) is 2. The Bertz CT molecular complexity index is 186. The molecule has 0 spiro atoms. The molecular formula is C7H16ClN2OP. The van der Waals surface area contributed by atoms with E-state index in [2.05, 4.69) is 0 Å². The summed E-state index contributed by atoms with van der Waals surface area (Å²) in [6.07, 6.45) is 1.57. The maximum Gasteiger partial charge on any atom is 0.216 e. The van der Waals surface area contributed by atoms with Crippen LogP contribution in [0.4, 0.5) is 0 Å². The summed E-state index contributed by atoms with van der Waals surface area (Å²) >= 11 is 5.58. The van der Waals surface area contributed by atoms with Gasteiger partial charge in [0.15, 0.2) is 0 Å². The van der Waals surface area contributed by atoms with E-state index in [0.717, 1.165) is 25.7 Å². The van der Waals surface area contributed by atoms with Crippen molar-refractivity contribution in [1.29, 1.82) is 0 Å². The highest BCUT2D eigenvalue weighted by Crippen LogP contribution is 2.54. The van der Waals surface area contributed by atoms with Crippen molar-refractivity contribution in [2.24, 2.45) is 0 Å². The second-order valence-corrected chi connectivity index (χ2v) is 6.71. The second-order valence-electron chi connectivity index (χ2n) is 3.19. The van der Waals surface area contributed by atoms with Crippen LogP contribution < -0.4 is 0 Å². The van der Waals surface area contributed by atoms with Crippen LogP contribution in [0.3, 0.4) is 0 Å². The van der Waals surface area contributed by atoms with Crippen LogP contribution in [0.2, 0.25) is 0 Å². The van der Waals surface area contributed by atoms with Crippen LogP contribution >= 0.6 is 19.0 Å². The van der Waals surface area contributed by atoms with Crippen LogP contribution in [-0.4, -0.2) is 48.6 Å². The Balaban J connectivity index is 2.60. The van der Waals surface area contributed by atoms with Gasteiger partial charge in [-0.15, -0.1) is 11.6 Å². The first-order valence-electron chi connectivity index (χ1n) is 4.19. The molecule has 1 aliphatic heterocycles. The molecule has 5 heteroatoms. The SMILES string of the molecule is CN1CCN(C)P1(=O)CCCCl. The normalized spacial score (nSPS) is 24.9. The van der Waals surface area contributed by atoms with Crippen molar-refractivity contribution in [2.45, 2.75) is 6.42 Å². The van der Waals surface area contributed by atoms with E-state index >= 15 is 0 Å². The number of rotatable bonds is 3. The lowest BCUT2D eigenvalue weighted by atomic mass is 10.6. The van der Waals surface area contributed by atoms with Crippen LogP contribution in [-0.2, 0) is 4.57 Å². The highest BCUT2D eigenvalue weighted by Gasteiger charge is 2.36. The lowest BCUT2D eigenvalue weighted by Crippen LogP contribution is -2.15. The van der Waals surface area contributed by atoms with Gasteiger partial charge in [-0.2, -0.15) is 0 Å². The van der Waals surface area contributed by atoms with Gasteiger partial charge in [0.1, 0.15) is 0 Å². The largest absolute Gasteiger partial charge is 0.289 e. The topological polar surface area (TPSA) is 23.6 Å². The summed E-state index contributed by atoms with van der Waals surface area (Å²) in [5.41, 5.74) is 0. The van der Waals surface area contributed by atoms with Crippen LogP contribution in [0, 0.1) is 0 Å². The molecule has 1 saturated heterocycles. The van der Waals surface area contributed by atoms with Gasteiger partial charge >= 0.3 is 0 Å². The molecule has 0 aromatic heterocycles. The van der Waals surface area contributed by atoms with Crippen molar-refractivity contribution in [3.05, 3.63) is 0 Å². The minimum Gasteiger partial charge on any atom is -0.289 e. The van der Waals surface area contributed by atoms with Crippen molar-refractivity contribution in [3.63, 3.8) is 0 Å². The minimum absolute atomic E-state index is 0.603. The fraction of sp³-hybridized carbons (Fsp3) is 1.00. The van der Waals surface area contributed by atoms with E-state index in [9.17, 15) is 4.57 Å². The second kappa shape index (κ2) is 4.10. The third kappa shape index (κ3) is 1.85. The van der Waals surface area contributed by atoms with E-state index in [-0.39, 0.29) is 0 Å². The van der Waals surface area contributed by atoms with Gasteiger partial charge in [-0.1, -0.05) is 0 Å². The van der Waals surface area contributed by atoms with Gasteiger partial charge in [0.2, 0.25) is 7.44 Å². The van der Waals surface area contributed by atoms with Gasteiger partial charge in [-0.3, -0.25) is 4.57 Å². The van der Waals surface area contributed by atoms with Gasteiger partial charge in [0, 0.05) is 25.1 Å². The van der Waals surface area contributed by atoms with Crippen molar-refractivity contribution < 1.29 is 4.57 Å². The molecule has 3 nitrogen and oxygen atoms in total. The monoisotopic (exact) mass is 210 g/mol. The zero-order valence-corrected chi connectivity index (χ0v) is 9.31. The number of alkyl halides is 1. The Morgan fingerprint density at radius 2 is 1.83 bits per heavy atom. The first-order valence-corrected chi connectivity index (χ1v) is 6.53. The third-order valence-electron chi connectivity index (χ3n) is 2.40. The summed E-state index contributed by atoms with van der Waals surface area (Å²) in [5.74, 6) is 0.603. The molecule has 1 heterocycles. The molecule has 0 unspecified atom stereocenters. The molecule has 0 aromatic carbocycles. The molecule has 12 heavy (non-hydrogen) atoms. The summed E-state index contributed by atoms with van der Waals surface area (Å²) in [6, 6.07) is 0. The van der Waals surface area contributed by atoms with Gasteiger partial charge < -0.3 is 0 Å². The average molecular weight is 211 g/mol. The number of hydrogen-bond acceptors (Lipinski definition) is 1. The van der Waals surface area contributed by atoms with Crippen molar-refractivity contribution in [1.82, 2.24) is 9.34 Å². The summed E-state index contributed by atoms with van der Waals surface area (Å²) in [5, 5.41) is 0. The van der Waals surface area contributed by atoms with E-state index in [1.54, 1.807) is 0 Å². The molecule has 1 fully saturated rings. The summed E-state index contributed by atoms with van der Waals surface area (Å²) in [7, 11) is 1.67. The van der Waals surface area contributed by atoms with E-state index in [1.807, 2.05) is 23.4 Å². The van der Waals surface area contributed by atoms with E-state index in [1.165, 1.54) is 0 Å².